The van der Waals surface area contributed by atoms with Crippen molar-refractivity contribution in [3.05, 3.63) is 52.7 Å². The van der Waals surface area contributed by atoms with Crippen LogP contribution in [0, 0.1) is 0 Å². The molecule has 9 heteroatoms. The first-order valence-corrected chi connectivity index (χ1v) is 11.8. The van der Waals surface area contributed by atoms with Crippen molar-refractivity contribution in [2.45, 2.75) is 25.9 Å². The predicted octanol–water partition coefficient (Wildman–Crippen LogP) is 2.50. The zero-order valence-corrected chi connectivity index (χ0v) is 18.9. The van der Waals surface area contributed by atoms with E-state index in [1.807, 2.05) is 0 Å². The van der Waals surface area contributed by atoms with E-state index >= 15 is 0 Å². The van der Waals surface area contributed by atoms with Crippen LogP contribution in [0.3, 0.4) is 0 Å². The van der Waals surface area contributed by atoms with Crippen LogP contribution >= 0.6 is 0 Å². The van der Waals surface area contributed by atoms with Crippen LogP contribution in [0.5, 0.6) is 5.75 Å². The second-order valence-corrected chi connectivity index (χ2v) is 9.20. The van der Waals surface area contributed by atoms with E-state index in [1.165, 1.54) is 6.07 Å². The van der Waals surface area contributed by atoms with E-state index in [9.17, 15) is 14.7 Å². The minimum Gasteiger partial charge on any atom is -0.507 e. The normalized spacial score (nSPS) is 18.1. The van der Waals surface area contributed by atoms with Gasteiger partial charge in [0.05, 0.1) is 24.3 Å². The highest BCUT2D eigenvalue weighted by molar-refractivity contribution is 6.08. The first-order valence-electron chi connectivity index (χ1n) is 11.8. The van der Waals surface area contributed by atoms with Gasteiger partial charge in [-0.1, -0.05) is 6.07 Å². The second kappa shape index (κ2) is 8.32. The average Bonchev–Trinajstić information content (AvgIpc) is 3.62. The summed E-state index contributed by atoms with van der Waals surface area (Å²) in [5.41, 5.74) is 4.39. The molecule has 2 amide bonds. The average molecular weight is 462 g/mol. The number of anilines is 1. The first-order chi connectivity index (χ1) is 16.6. The van der Waals surface area contributed by atoms with E-state index in [1.54, 1.807) is 15.9 Å². The number of aromatic hydroxyl groups is 1. The van der Waals surface area contributed by atoms with Crippen molar-refractivity contribution >= 4 is 28.4 Å². The van der Waals surface area contributed by atoms with Gasteiger partial charge in [0.15, 0.2) is 5.69 Å². The summed E-state index contributed by atoms with van der Waals surface area (Å²) in [6, 6.07) is 9.42. The molecule has 0 spiro atoms. The Morgan fingerprint density at radius 2 is 1.68 bits per heavy atom. The molecule has 1 aromatic heterocycles. The molecular weight excluding hydrogens is 434 g/mol. The van der Waals surface area contributed by atoms with E-state index < -0.39 is 0 Å². The SMILES string of the molecule is O=C(c1cc2c(C(=O)N3CCCC3)n[nH]c2cc1O)N1Cc2ccc(N3CCOCC3)cc2C1. The largest absolute Gasteiger partial charge is 0.507 e. The molecule has 3 aromatic rings. The molecule has 2 aromatic carbocycles. The van der Waals surface area contributed by atoms with Gasteiger partial charge >= 0.3 is 0 Å². The standard InChI is InChI=1S/C25H27N5O4/c31-22-13-21-19(23(27-26-21)25(33)29-5-1-2-6-29)12-20(22)24(32)30-14-16-3-4-18(11-17(16)15-30)28-7-9-34-10-8-28/h3-4,11-13,31H,1-2,5-10,14-15H2,(H,26,27). The van der Waals surface area contributed by atoms with Crippen LogP contribution in [0.2, 0.25) is 0 Å². The lowest BCUT2D eigenvalue weighted by molar-refractivity contribution is 0.0746. The third-order valence-corrected chi connectivity index (χ3v) is 7.08. The molecule has 0 unspecified atom stereocenters. The lowest BCUT2D eigenvalue weighted by atomic mass is 10.1. The van der Waals surface area contributed by atoms with Crippen LogP contribution in [-0.4, -0.2) is 76.3 Å². The maximum atomic E-state index is 13.4. The smallest absolute Gasteiger partial charge is 0.274 e. The lowest BCUT2D eigenvalue weighted by Gasteiger charge is -2.29. The number of hydrogen-bond donors (Lipinski definition) is 2. The van der Waals surface area contributed by atoms with Crippen molar-refractivity contribution in [3.63, 3.8) is 0 Å². The van der Waals surface area contributed by atoms with Crippen molar-refractivity contribution in [1.29, 1.82) is 0 Å². The Kier molecular flexibility index (Phi) is 5.13. The highest BCUT2D eigenvalue weighted by Gasteiger charge is 2.29. The number of likely N-dealkylation sites (tertiary alicyclic amines) is 1. The van der Waals surface area contributed by atoms with Crippen molar-refractivity contribution in [1.82, 2.24) is 20.0 Å². The third kappa shape index (κ3) is 3.56. The molecule has 2 saturated heterocycles. The summed E-state index contributed by atoms with van der Waals surface area (Å²) in [5.74, 6) is -0.521. The van der Waals surface area contributed by atoms with Gasteiger partial charge in [-0.25, -0.2) is 0 Å². The predicted molar refractivity (Wildman–Crippen MR) is 126 cm³/mol. The van der Waals surface area contributed by atoms with Crippen molar-refractivity contribution < 1.29 is 19.4 Å². The first kappa shape index (κ1) is 21.0. The van der Waals surface area contributed by atoms with Gasteiger partial charge in [0.2, 0.25) is 0 Å². The summed E-state index contributed by atoms with van der Waals surface area (Å²) < 4.78 is 5.45. The van der Waals surface area contributed by atoms with Crippen LogP contribution in [0.25, 0.3) is 10.9 Å². The van der Waals surface area contributed by atoms with E-state index in [2.05, 4.69) is 33.3 Å². The van der Waals surface area contributed by atoms with Gasteiger partial charge in [0.25, 0.3) is 11.8 Å². The summed E-state index contributed by atoms with van der Waals surface area (Å²) in [6.07, 6.45) is 1.97. The monoisotopic (exact) mass is 461 g/mol. The Morgan fingerprint density at radius 3 is 2.47 bits per heavy atom. The Hall–Kier alpha value is -3.59. The van der Waals surface area contributed by atoms with E-state index in [-0.39, 0.29) is 23.1 Å². The van der Waals surface area contributed by atoms with Crippen LogP contribution in [0.15, 0.2) is 30.3 Å². The molecule has 34 heavy (non-hydrogen) atoms. The lowest BCUT2D eigenvalue weighted by Crippen LogP contribution is -2.36. The molecule has 0 atom stereocenters. The van der Waals surface area contributed by atoms with Crippen LogP contribution < -0.4 is 4.90 Å². The molecule has 176 valence electrons. The number of carbonyl (C=O) groups excluding carboxylic acids is 2. The Balaban J connectivity index is 1.26. The van der Waals surface area contributed by atoms with Crippen molar-refractivity contribution in [3.8, 4) is 5.75 Å². The molecule has 0 bridgehead atoms. The number of ether oxygens (including phenoxy) is 1. The number of fused-ring (bicyclic) bond motifs is 2. The van der Waals surface area contributed by atoms with E-state index in [0.717, 1.165) is 69.0 Å². The number of benzene rings is 2. The molecule has 4 heterocycles. The second-order valence-electron chi connectivity index (χ2n) is 9.20. The fourth-order valence-electron chi connectivity index (χ4n) is 5.17. The zero-order chi connectivity index (χ0) is 23.2. The third-order valence-electron chi connectivity index (χ3n) is 7.08. The number of hydrogen-bond acceptors (Lipinski definition) is 6. The van der Waals surface area contributed by atoms with Gasteiger partial charge in [-0.15, -0.1) is 0 Å². The number of aromatic nitrogens is 2. The number of carbonyl (C=O) groups is 2. The van der Waals surface area contributed by atoms with E-state index in [4.69, 9.17) is 4.74 Å². The van der Waals surface area contributed by atoms with E-state index in [0.29, 0.717) is 29.7 Å². The maximum absolute atomic E-state index is 13.4. The van der Waals surface area contributed by atoms with Crippen LogP contribution in [0.4, 0.5) is 5.69 Å². The molecular formula is C25H27N5O4. The Morgan fingerprint density at radius 1 is 0.912 bits per heavy atom. The maximum Gasteiger partial charge on any atom is 0.274 e. The fourth-order valence-corrected chi connectivity index (χ4v) is 5.17. The summed E-state index contributed by atoms with van der Waals surface area (Å²) in [5, 5.41) is 18.2. The Bertz CT molecular complexity index is 1270. The minimum absolute atomic E-state index is 0.119. The summed E-state index contributed by atoms with van der Waals surface area (Å²) >= 11 is 0. The molecule has 0 aliphatic carbocycles. The summed E-state index contributed by atoms with van der Waals surface area (Å²) in [4.78, 5) is 32.2. The molecule has 0 saturated carbocycles. The number of morpholine rings is 1. The van der Waals surface area contributed by atoms with Gasteiger partial charge in [-0.05, 0) is 42.2 Å². The number of phenolic OH excluding ortho intramolecular Hbond substituents is 1. The highest BCUT2D eigenvalue weighted by Crippen LogP contribution is 2.32. The minimum atomic E-state index is -0.260. The fraction of sp³-hybridized carbons (Fsp3) is 0.400. The highest BCUT2D eigenvalue weighted by atomic mass is 16.5. The molecule has 2 fully saturated rings. The topological polar surface area (TPSA) is 102 Å². The summed E-state index contributed by atoms with van der Waals surface area (Å²) in [7, 11) is 0. The van der Waals surface area contributed by atoms with Gasteiger partial charge < -0.3 is 24.5 Å². The molecule has 9 nitrogen and oxygen atoms in total. The number of H-pyrrole nitrogens is 1. The molecule has 3 aliphatic rings. The number of aromatic amines is 1. The van der Waals surface area contributed by atoms with Gasteiger partial charge in [0.1, 0.15) is 5.75 Å². The van der Waals surface area contributed by atoms with Crippen LogP contribution in [-0.2, 0) is 17.8 Å². The number of amides is 2. The molecule has 0 radical (unpaired) electrons. The Labute approximate surface area is 196 Å². The van der Waals surface area contributed by atoms with Gasteiger partial charge in [-0.3, -0.25) is 14.7 Å². The summed E-state index contributed by atoms with van der Waals surface area (Å²) in [6.45, 7) is 5.57. The number of nitrogens with zero attached hydrogens (tertiary/aromatic N) is 4. The zero-order valence-electron chi connectivity index (χ0n) is 18.9. The number of rotatable bonds is 3. The number of phenols is 1. The number of nitrogens with one attached hydrogen (secondary N) is 1. The molecule has 3 aliphatic heterocycles. The van der Waals surface area contributed by atoms with Crippen molar-refractivity contribution in [2.75, 3.05) is 44.3 Å². The van der Waals surface area contributed by atoms with Gasteiger partial charge in [0, 0.05) is 56.4 Å². The molecule has 6 rings (SSSR count). The van der Waals surface area contributed by atoms with Gasteiger partial charge in [-0.2, -0.15) is 5.10 Å². The van der Waals surface area contributed by atoms with Crippen LogP contribution in [0.1, 0.15) is 44.8 Å². The molecule has 2 N–H and O–H groups in total. The quantitative estimate of drug-likeness (QED) is 0.622. The van der Waals surface area contributed by atoms with Crippen molar-refractivity contribution in [2.24, 2.45) is 0 Å².